The van der Waals surface area contributed by atoms with Gasteiger partial charge in [-0.1, -0.05) is 11.8 Å². The largest absolute Gasteiger partial charge is 1.00 e. The van der Waals surface area contributed by atoms with Crippen LogP contribution in [0.2, 0.25) is 0 Å². The van der Waals surface area contributed by atoms with E-state index in [1.165, 1.54) is 0 Å². The summed E-state index contributed by atoms with van der Waals surface area (Å²) in [5, 5.41) is 0. The second-order valence-electron chi connectivity index (χ2n) is 0.670. The van der Waals surface area contributed by atoms with E-state index in [1.807, 2.05) is 0 Å². The van der Waals surface area contributed by atoms with Gasteiger partial charge in [-0.15, -0.1) is 0 Å². The Morgan fingerprint density at radius 2 is 1.25 bits per heavy atom. The van der Waals surface area contributed by atoms with Gasteiger partial charge in [0.2, 0.25) is 0 Å². The van der Waals surface area contributed by atoms with E-state index in [9.17, 15) is 0 Å². The molecule has 0 aromatic heterocycles. The zero-order valence-corrected chi connectivity index (χ0v) is 7.10. The molecule has 0 aliphatic carbocycles. The minimum atomic E-state index is 0. The van der Waals surface area contributed by atoms with Crippen molar-refractivity contribution in [3.05, 3.63) is 0 Å². The van der Waals surface area contributed by atoms with E-state index >= 15 is 0 Å². The van der Waals surface area contributed by atoms with Crippen molar-refractivity contribution >= 4 is 25.3 Å². The van der Waals surface area contributed by atoms with Gasteiger partial charge in [-0.3, -0.25) is 0 Å². The summed E-state index contributed by atoms with van der Waals surface area (Å²) in [6.07, 6.45) is 0. The summed E-state index contributed by atoms with van der Waals surface area (Å²) in [6.45, 7) is 0. The van der Waals surface area contributed by atoms with Crippen LogP contribution < -0.4 is 37.7 Å². The normalized spacial score (nSPS) is 4.75. The van der Waals surface area contributed by atoms with Crippen molar-refractivity contribution in [3.63, 3.8) is 0 Å². The van der Waals surface area contributed by atoms with Crippen molar-refractivity contribution in [2.24, 2.45) is 0 Å². The maximum absolute atomic E-state index is 3.85. The average Bonchev–Trinajstić information content (AvgIpc) is 1.61. The number of hydrogen-bond acceptors (Lipinski definition) is 2. The Morgan fingerprint density at radius 1 is 1.00 bits per heavy atom. The smallest absolute Gasteiger partial charge is 1.00 e. The Hall–Kier alpha value is 1.45. The summed E-state index contributed by atoms with van der Waals surface area (Å²) in [5.41, 5.74) is 0. The van der Waals surface area contributed by atoms with Gasteiger partial charge >= 0.3 is 37.7 Å². The predicted molar refractivity (Wildman–Crippen MR) is 37.7 cm³/mol. The van der Waals surface area contributed by atoms with Crippen LogP contribution >= 0.6 is 25.3 Å². The van der Waals surface area contributed by atoms with Crippen LogP contribution in [0, 0.1) is 11.8 Å². The summed E-state index contributed by atoms with van der Waals surface area (Å²) >= 11 is 7.69. The van der Waals surface area contributed by atoms with Crippen LogP contribution in [-0.4, -0.2) is 11.5 Å². The first kappa shape index (κ1) is 16.2. The van der Waals surface area contributed by atoms with Crippen molar-refractivity contribution in [2.45, 2.75) is 0 Å². The third-order valence-corrected chi connectivity index (χ3v) is 0.599. The molecule has 8 heavy (non-hydrogen) atoms. The van der Waals surface area contributed by atoms with Crippen molar-refractivity contribution in [2.75, 3.05) is 11.5 Å². The third kappa shape index (κ3) is 15.7. The average molecular weight is 134 g/mol. The van der Waals surface area contributed by atoms with Crippen LogP contribution in [0.4, 0.5) is 0 Å². The topological polar surface area (TPSA) is 0 Å². The first-order valence-electron chi connectivity index (χ1n) is 1.59. The summed E-state index contributed by atoms with van der Waals surface area (Å²) in [6, 6.07) is 0. The van der Waals surface area contributed by atoms with Gasteiger partial charge in [-0.25, -0.2) is 0 Å². The molecule has 4 heteroatoms. The third-order valence-electron chi connectivity index (χ3n) is 0.283. The molecule has 0 N–H and O–H groups in total. The molecule has 0 spiro atoms. The molecule has 0 aromatic rings. The first-order chi connectivity index (χ1) is 2.91. The summed E-state index contributed by atoms with van der Waals surface area (Å²) in [5.74, 6) is 6.75. The van der Waals surface area contributed by atoms with Crippen molar-refractivity contribution < 1.29 is 40.6 Å². The summed E-state index contributed by atoms with van der Waals surface area (Å²) in [4.78, 5) is 0. The standard InChI is InChI=1S/C4H6S2.2Li.2H/c5-3-1-2-4-6;;;;/h5-6H,3-4H2;;;;/q;2*+1;2*-1. The first-order valence-corrected chi connectivity index (χ1v) is 2.85. The second-order valence-corrected chi connectivity index (χ2v) is 1.30. The van der Waals surface area contributed by atoms with Crippen LogP contribution in [-0.2, 0) is 0 Å². The predicted octanol–water partition coefficient (Wildman–Crippen LogP) is -4.92. The molecule has 0 rings (SSSR count). The molecule has 0 heterocycles. The Balaban J connectivity index is -0.0000000208. The van der Waals surface area contributed by atoms with E-state index in [0.717, 1.165) is 0 Å². The Kier molecular flexibility index (Phi) is 32.0. The van der Waals surface area contributed by atoms with Gasteiger partial charge in [0.15, 0.2) is 0 Å². The minimum absolute atomic E-state index is 0. The molecular formula is C4H8Li2S2. The van der Waals surface area contributed by atoms with Crippen molar-refractivity contribution in [3.8, 4) is 11.8 Å². The fourth-order valence-electron chi connectivity index (χ4n) is 0.112. The Bertz CT molecular complexity index is 73.1. The van der Waals surface area contributed by atoms with Crippen LogP contribution in [0.25, 0.3) is 0 Å². The van der Waals surface area contributed by atoms with Gasteiger partial charge in [-0.2, -0.15) is 25.3 Å². The number of rotatable bonds is 0. The number of thiol groups is 2. The molecule has 38 valence electrons. The van der Waals surface area contributed by atoms with Crippen molar-refractivity contribution in [1.29, 1.82) is 0 Å². The van der Waals surface area contributed by atoms with E-state index in [0.29, 0.717) is 11.5 Å². The summed E-state index contributed by atoms with van der Waals surface area (Å²) < 4.78 is 0. The molecular weight excluding hydrogens is 126 g/mol. The van der Waals surface area contributed by atoms with Gasteiger partial charge in [-0.05, 0) is 0 Å². The van der Waals surface area contributed by atoms with Crippen LogP contribution in [0.5, 0.6) is 0 Å². The Labute approximate surface area is 88.7 Å². The fourth-order valence-corrected chi connectivity index (χ4v) is 0.335. The Morgan fingerprint density at radius 3 is 1.38 bits per heavy atom. The van der Waals surface area contributed by atoms with E-state index in [1.54, 1.807) is 0 Å². The van der Waals surface area contributed by atoms with Gasteiger partial charge in [0, 0.05) is 0 Å². The van der Waals surface area contributed by atoms with Crippen LogP contribution in [0.1, 0.15) is 2.85 Å². The SMILES string of the molecule is SCC#CCS.[H-].[H-].[Li+].[Li+]. The second kappa shape index (κ2) is 15.8. The molecule has 0 nitrogen and oxygen atoms in total. The number of hydrogen-bond donors (Lipinski definition) is 2. The molecule has 0 saturated carbocycles. The molecule has 0 atom stereocenters. The molecule has 0 aliphatic rings. The monoisotopic (exact) mass is 134 g/mol. The summed E-state index contributed by atoms with van der Waals surface area (Å²) in [7, 11) is 0. The molecule has 0 bridgehead atoms. The minimum Gasteiger partial charge on any atom is -1.00 e. The van der Waals surface area contributed by atoms with Gasteiger partial charge in [0.25, 0.3) is 0 Å². The van der Waals surface area contributed by atoms with E-state index in [-0.39, 0.29) is 40.6 Å². The molecule has 0 radical (unpaired) electrons. The van der Waals surface area contributed by atoms with Crippen molar-refractivity contribution in [1.82, 2.24) is 0 Å². The van der Waals surface area contributed by atoms with Gasteiger partial charge in [0.05, 0.1) is 11.5 Å². The molecule has 0 amide bonds. The molecule has 0 unspecified atom stereocenters. The maximum Gasteiger partial charge on any atom is 1.00 e. The zero-order valence-electron chi connectivity index (χ0n) is 7.31. The molecule has 0 fully saturated rings. The van der Waals surface area contributed by atoms with E-state index in [4.69, 9.17) is 0 Å². The van der Waals surface area contributed by atoms with Crippen LogP contribution in [0.15, 0.2) is 0 Å². The van der Waals surface area contributed by atoms with Crippen LogP contribution in [0.3, 0.4) is 0 Å². The van der Waals surface area contributed by atoms with Gasteiger partial charge in [0.1, 0.15) is 0 Å². The zero-order chi connectivity index (χ0) is 4.83. The molecule has 0 aliphatic heterocycles. The molecule has 0 saturated heterocycles. The maximum atomic E-state index is 3.85. The van der Waals surface area contributed by atoms with E-state index < -0.39 is 0 Å². The quantitative estimate of drug-likeness (QED) is 0.185. The molecule has 0 aromatic carbocycles. The van der Waals surface area contributed by atoms with E-state index in [2.05, 4.69) is 37.1 Å². The fraction of sp³-hybridized carbons (Fsp3) is 0.500. The van der Waals surface area contributed by atoms with Gasteiger partial charge < -0.3 is 2.85 Å².